The fraction of sp³-hybridized carbons (Fsp3) is 0.419. The number of rotatable bonds is 9. The average Bonchev–Trinajstić information content (AvgIpc) is 3.10. The highest BCUT2D eigenvalue weighted by Crippen LogP contribution is 2.36. The number of ether oxygens (including phenoxy) is 1. The summed E-state index contributed by atoms with van der Waals surface area (Å²) in [5.41, 5.74) is 3.07. The highest BCUT2D eigenvalue weighted by Gasteiger charge is 2.28. The molecular weight excluding hydrogens is 530 g/mol. The molecule has 1 aliphatic heterocycles. The van der Waals surface area contributed by atoms with E-state index < -0.39 is 10.0 Å². The molecule has 0 N–H and O–H groups in total. The molecule has 39 heavy (non-hydrogen) atoms. The van der Waals surface area contributed by atoms with E-state index in [-0.39, 0.29) is 29.3 Å². The molecule has 5 rings (SSSR count). The first kappa shape index (κ1) is 27.7. The summed E-state index contributed by atoms with van der Waals surface area (Å²) >= 11 is 1.58. The Balaban J connectivity index is 1.40. The number of carbonyl (C=O) groups excluding carboxylic acids is 2. The molecule has 0 amide bonds. The summed E-state index contributed by atoms with van der Waals surface area (Å²) in [5, 5.41) is 0. The van der Waals surface area contributed by atoms with Gasteiger partial charge in [-0.2, -0.15) is 4.31 Å². The summed E-state index contributed by atoms with van der Waals surface area (Å²) < 4.78 is 33.4. The quantitative estimate of drug-likeness (QED) is 0.295. The van der Waals surface area contributed by atoms with E-state index in [2.05, 4.69) is 0 Å². The average molecular weight is 566 g/mol. The zero-order valence-corrected chi connectivity index (χ0v) is 24.0. The maximum Gasteiger partial charge on any atom is 0.243 e. The molecule has 1 fully saturated rings. The zero-order chi connectivity index (χ0) is 27.4. The Morgan fingerprint density at radius 3 is 2.31 bits per heavy atom. The van der Waals surface area contributed by atoms with E-state index >= 15 is 0 Å². The smallest absolute Gasteiger partial charge is 0.243 e. The first-order valence-electron chi connectivity index (χ1n) is 13.8. The lowest BCUT2D eigenvalue weighted by molar-refractivity contribution is 0.0989. The first-order chi connectivity index (χ1) is 18.9. The highest BCUT2D eigenvalue weighted by molar-refractivity contribution is 7.89. The van der Waals surface area contributed by atoms with Crippen LogP contribution in [0.2, 0.25) is 0 Å². The molecule has 1 saturated heterocycles. The second-order valence-electron chi connectivity index (χ2n) is 10.4. The maximum absolute atomic E-state index is 13.6. The largest absolute Gasteiger partial charge is 0.497 e. The minimum Gasteiger partial charge on any atom is -0.497 e. The molecule has 206 valence electrons. The predicted octanol–water partition coefficient (Wildman–Crippen LogP) is 6.05. The molecule has 2 aliphatic rings. The van der Waals surface area contributed by atoms with E-state index in [4.69, 9.17) is 4.74 Å². The van der Waals surface area contributed by atoms with Crippen LogP contribution in [0.4, 0.5) is 0 Å². The van der Waals surface area contributed by atoms with E-state index in [1.807, 2.05) is 24.3 Å². The summed E-state index contributed by atoms with van der Waals surface area (Å²) in [7, 11) is -2.04. The fourth-order valence-electron chi connectivity index (χ4n) is 5.60. The number of aryl methyl sites for hydroxylation is 1. The number of benzene rings is 2. The SMILES string of the molecule is COc1ccc(CC(=O)c2c(CC(=O)c3cccc(S(=O)(=O)N4CCCCCC4)c3)sc3c2CCCC3)cc1. The molecule has 0 atom stereocenters. The van der Waals surface area contributed by atoms with Gasteiger partial charge in [-0.05, 0) is 73.9 Å². The van der Waals surface area contributed by atoms with Crippen LogP contribution in [0.15, 0.2) is 53.4 Å². The van der Waals surface area contributed by atoms with Crippen molar-refractivity contribution < 1.29 is 22.7 Å². The van der Waals surface area contributed by atoms with Crippen molar-refractivity contribution in [2.45, 2.75) is 69.1 Å². The summed E-state index contributed by atoms with van der Waals surface area (Å²) in [6, 6.07) is 13.9. The highest BCUT2D eigenvalue weighted by atomic mass is 32.2. The number of hydrogen-bond acceptors (Lipinski definition) is 6. The van der Waals surface area contributed by atoms with Crippen molar-refractivity contribution in [1.82, 2.24) is 4.31 Å². The van der Waals surface area contributed by atoms with Gasteiger partial charge in [0.25, 0.3) is 0 Å². The van der Waals surface area contributed by atoms with Gasteiger partial charge in [0.1, 0.15) is 5.75 Å². The van der Waals surface area contributed by atoms with Gasteiger partial charge in [0.2, 0.25) is 10.0 Å². The Morgan fingerprint density at radius 1 is 0.872 bits per heavy atom. The number of hydrogen-bond donors (Lipinski definition) is 0. The molecule has 0 radical (unpaired) electrons. The normalized spacial score (nSPS) is 16.3. The van der Waals surface area contributed by atoms with E-state index in [0.29, 0.717) is 24.2 Å². The molecule has 8 heteroatoms. The van der Waals surface area contributed by atoms with Gasteiger partial charge >= 0.3 is 0 Å². The van der Waals surface area contributed by atoms with Gasteiger partial charge in [0, 0.05) is 46.8 Å². The Hall–Kier alpha value is -2.81. The summed E-state index contributed by atoms with van der Waals surface area (Å²) in [6.07, 6.45) is 8.05. The Bertz CT molecular complexity index is 1450. The van der Waals surface area contributed by atoms with Crippen molar-refractivity contribution in [2.75, 3.05) is 20.2 Å². The molecule has 2 aromatic carbocycles. The molecular formula is C31H35NO5S2. The van der Waals surface area contributed by atoms with E-state index in [1.165, 1.54) is 10.9 Å². The number of carbonyl (C=O) groups is 2. The van der Waals surface area contributed by atoms with E-state index in [1.54, 1.807) is 41.0 Å². The Kier molecular flexibility index (Phi) is 8.64. The van der Waals surface area contributed by atoms with Crippen LogP contribution < -0.4 is 4.74 Å². The molecule has 3 aromatic rings. The van der Waals surface area contributed by atoms with Crippen LogP contribution in [-0.2, 0) is 35.7 Å². The van der Waals surface area contributed by atoms with Gasteiger partial charge in [-0.3, -0.25) is 9.59 Å². The lowest BCUT2D eigenvalue weighted by Crippen LogP contribution is -2.32. The van der Waals surface area contributed by atoms with E-state index in [9.17, 15) is 18.0 Å². The van der Waals surface area contributed by atoms with Crippen molar-refractivity contribution in [3.8, 4) is 5.75 Å². The zero-order valence-electron chi connectivity index (χ0n) is 22.4. The van der Waals surface area contributed by atoms with Crippen molar-refractivity contribution in [2.24, 2.45) is 0 Å². The molecule has 0 saturated carbocycles. The lowest BCUT2D eigenvalue weighted by atomic mass is 9.90. The summed E-state index contributed by atoms with van der Waals surface area (Å²) in [6.45, 7) is 1.03. The number of sulfonamides is 1. The van der Waals surface area contributed by atoms with Crippen LogP contribution in [-0.4, -0.2) is 44.5 Å². The number of methoxy groups -OCH3 is 1. The molecule has 0 spiro atoms. The second-order valence-corrected chi connectivity index (χ2v) is 13.5. The number of thiophene rings is 1. The molecule has 1 aliphatic carbocycles. The van der Waals surface area contributed by atoms with Crippen LogP contribution in [0.5, 0.6) is 5.75 Å². The third-order valence-corrected chi connectivity index (χ3v) is 10.9. The third kappa shape index (κ3) is 6.18. The van der Waals surface area contributed by atoms with Crippen molar-refractivity contribution in [1.29, 1.82) is 0 Å². The molecule has 0 bridgehead atoms. The molecule has 0 unspecified atom stereocenters. The van der Waals surface area contributed by atoms with Crippen molar-refractivity contribution in [3.63, 3.8) is 0 Å². The van der Waals surface area contributed by atoms with Crippen LogP contribution >= 0.6 is 11.3 Å². The van der Waals surface area contributed by atoms with Gasteiger partial charge in [-0.25, -0.2) is 8.42 Å². The second kappa shape index (κ2) is 12.1. The van der Waals surface area contributed by atoms with Crippen molar-refractivity contribution >= 4 is 32.9 Å². The first-order valence-corrected chi connectivity index (χ1v) is 16.1. The van der Waals surface area contributed by atoms with Gasteiger partial charge < -0.3 is 4.74 Å². The van der Waals surface area contributed by atoms with Gasteiger partial charge in [-0.15, -0.1) is 11.3 Å². The summed E-state index contributed by atoms with van der Waals surface area (Å²) in [4.78, 5) is 29.3. The van der Waals surface area contributed by atoms with Gasteiger partial charge in [0.05, 0.1) is 12.0 Å². The Labute approximate surface area is 235 Å². The molecule has 6 nitrogen and oxygen atoms in total. The third-order valence-electron chi connectivity index (χ3n) is 7.73. The van der Waals surface area contributed by atoms with Gasteiger partial charge in [-0.1, -0.05) is 37.1 Å². The van der Waals surface area contributed by atoms with Gasteiger partial charge in [0.15, 0.2) is 11.6 Å². The number of nitrogens with zero attached hydrogens (tertiary/aromatic N) is 1. The standard InChI is InChI=1S/C31H35NO5S2/c1-37-24-15-13-22(14-16-24)19-28(34)31-26-11-4-5-12-29(26)38-30(31)21-27(33)23-9-8-10-25(20-23)39(35,36)32-17-6-2-3-7-18-32/h8-10,13-16,20H,2-7,11-12,17-19,21H2,1H3. The number of ketones is 2. The lowest BCUT2D eigenvalue weighted by Gasteiger charge is -2.20. The van der Waals surface area contributed by atoms with Crippen LogP contribution in [0.25, 0.3) is 0 Å². The fourth-order valence-corrected chi connectivity index (χ4v) is 8.57. The van der Waals surface area contributed by atoms with E-state index in [0.717, 1.165) is 73.1 Å². The minimum atomic E-state index is -3.66. The number of Topliss-reactive ketones (excluding diaryl/α,β-unsaturated/α-hetero) is 2. The maximum atomic E-state index is 13.6. The number of fused-ring (bicyclic) bond motifs is 1. The Morgan fingerprint density at radius 2 is 1.59 bits per heavy atom. The van der Waals surface area contributed by atoms with Crippen molar-refractivity contribution in [3.05, 3.63) is 80.5 Å². The molecule has 2 heterocycles. The predicted molar refractivity (Wildman–Crippen MR) is 154 cm³/mol. The van der Waals surface area contributed by atoms with Crippen LogP contribution in [0.3, 0.4) is 0 Å². The van der Waals surface area contributed by atoms with Crippen LogP contribution in [0.1, 0.15) is 80.1 Å². The summed E-state index contributed by atoms with van der Waals surface area (Å²) in [5.74, 6) is 0.602. The molecule has 1 aromatic heterocycles. The van der Waals surface area contributed by atoms with Crippen LogP contribution in [0, 0.1) is 0 Å². The topological polar surface area (TPSA) is 80.8 Å². The monoisotopic (exact) mass is 565 g/mol. The minimum absolute atomic E-state index is 0.0276.